The summed E-state index contributed by atoms with van der Waals surface area (Å²) in [6, 6.07) is 3.98. The van der Waals surface area contributed by atoms with Crippen molar-refractivity contribution in [1.29, 1.82) is 0 Å². The minimum atomic E-state index is 0.611. The fourth-order valence-electron chi connectivity index (χ4n) is 2.04. The number of thiophene rings is 1. The Labute approximate surface area is 124 Å². The molecule has 0 N–H and O–H groups in total. The van der Waals surface area contributed by atoms with Crippen molar-refractivity contribution in [2.45, 2.75) is 6.54 Å². The molecule has 0 atom stereocenters. The Hall–Kier alpha value is -0.760. The first-order chi connectivity index (χ1) is 9.20. The van der Waals surface area contributed by atoms with Crippen LogP contribution in [0.1, 0.15) is 5.89 Å². The van der Waals surface area contributed by atoms with Crippen LogP contribution >= 0.6 is 27.3 Å². The summed E-state index contributed by atoms with van der Waals surface area (Å²) in [5, 5.41) is 8.25. The molecule has 3 heterocycles. The van der Waals surface area contributed by atoms with Crippen molar-refractivity contribution >= 4 is 27.3 Å². The summed E-state index contributed by atoms with van der Waals surface area (Å²) in [6.45, 7) is 5.04. The molecule has 3 rings (SSSR count). The minimum Gasteiger partial charge on any atom is -0.419 e. The van der Waals surface area contributed by atoms with E-state index in [2.05, 4.69) is 43.0 Å². The molecule has 0 saturated carbocycles. The Balaban J connectivity index is 1.65. The molecule has 0 bridgehead atoms. The molecular weight excluding hydrogens is 328 g/mol. The molecule has 0 aliphatic carbocycles. The largest absolute Gasteiger partial charge is 0.419 e. The van der Waals surface area contributed by atoms with Crippen molar-refractivity contribution in [2.75, 3.05) is 33.2 Å². The number of hydrogen-bond acceptors (Lipinski definition) is 6. The molecule has 1 aliphatic heterocycles. The van der Waals surface area contributed by atoms with Crippen LogP contribution in [0.25, 0.3) is 10.8 Å². The van der Waals surface area contributed by atoms with Gasteiger partial charge in [0.15, 0.2) is 0 Å². The van der Waals surface area contributed by atoms with E-state index in [4.69, 9.17) is 4.42 Å². The van der Waals surface area contributed by atoms with E-state index in [1.54, 1.807) is 11.3 Å². The van der Waals surface area contributed by atoms with E-state index in [1.807, 2.05) is 12.1 Å². The van der Waals surface area contributed by atoms with Crippen molar-refractivity contribution in [3.8, 4) is 10.8 Å². The van der Waals surface area contributed by atoms with Crippen molar-refractivity contribution in [3.63, 3.8) is 0 Å². The van der Waals surface area contributed by atoms with Gasteiger partial charge in [0.1, 0.15) is 0 Å². The van der Waals surface area contributed by atoms with Gasteiger partial charge in [-0.1, -0.05) is 0 Å². The maximum atomic E-state index is 5.72. The number of piperazine rings is 1. The third-order valence-electron chi connectivity index (χ3n) is 3.21. The van der Waals surface area contributed by atoms with Gasteiger partial charge in [-0.3, -0.25) is 4.90 Å². The van der Waals surface area contributed by atoms with E-state index < -0.39 is 0 Å². The molecule has 0 aromatic carbocycles. The van der Waals surface area contributed by atoms with Crippen LogP contribution in [-0.4, -0.2) is 53.2 Å². The SMILES string of the molecule is CN1CCN(Cc2nnc(-c3ccc(Br)s3)o2)CC1. The van der Waals surface area contributed by atoms with Crippen LogP contribution in [0.3, 0.4) is 0 Å². The predicted molar refractivity (Wildman–Crippen MR) is 78.1 cm³/mol. The van der Waals surface area contributed by atoms with Crippen LogP contribution in [0, 0.1) is 0 Å². The van der Waals surface area contributed by atoms with E-state index in [0.29, 0.717) is 11.8 Å². The molecule has 0 unspecified atom stereocenters. The van der Waals surface area contributed by atoms with Gasteiger partial charge in [-0.15, -0.1) is 21.5 Å². The van der Waals surface area contributed by atoms with Gasteiger partial charge in [0.25, 0.3) is 5.89 Å². The lowest BCUT2D eigenvalue weighted by molar-refractivity contribution is 0.138. The van der Waals surface area contributed by atoms with Crippen molar-refractivity contribution in [3.05, 3.63) is 21.8 Å². The molecule has 1 saturated heterocycles. The van der Waals surface area contributed by atoms with Gasteiger partial charge < -0.3 is 9.32 Å². The molecule has 1 fully saturated rings. The molecule has 0 radical (unpaired) electrons. The van der Waals surface area contributed by atoms with Gasteiger partial charge in [-0.25, -0.2) is 0 Å². The molecule has 1 aliphatic rings. The Morgan fingerprint density at radius 3 is 2.74 bits per heavy atom. The zero-order valence-corrected chi connectivity index (χ0v) is 13.1. The normalized spacial score (nSPS) is 18.0. The third kappa shape index (κ3) is 3.22. The summed E-state index contributed by atoms with van der Waals surface area (Å²) in [6.07, 6.45) is 0. The zero-order valence-electron chi connectivity index (χ0n) is 10.7. The average molecular weight is 343 g/mol. The van der Waals surface area contributed by atoms with Crippen LogP contribution in [0.4, 0.5) is 0 Å². The first-order valence-electron chi connectivity index (χ1n) is 6.20. The van der Waals surface area contributed by atoms with Crippen LogP contribution in [0.15, 0.2) is 20.3 Å². The Morgan fingerprint density at radius 1 is 1.26 bits per heavy atom. The lowest BCUT2D eigenvalue weighted by atomic mass is 10.3. The number of rotatable bonds is 3. The molecule has 19 heavy (non-hydrogen) atoms. The predicted octanol–water partition coefficient (Wildman–Crippen LogP) is 2.31. The quantitative estimate of drug-likeness (QED) is 0.856. The van der Waals surface area contributed by atoms with Gasteiger partial charge in [0.05, 0.1) is 15.2 Å². The number of nitrogens with zero attached hydrogens (tertiary/aromatic N) is 4. The van der Waals surface area contributed by atoms with Gasteiger partial charge in [0, 0.05) is 26.2 Å². The summed E-state index contributed by atoms with van der Waals surface area (Å²) >= 11 is 5.04. The first-order valence-corrected chi connectivity index (χ1v) is 7.80. The number of hydrogen-bond donors (Lipinski definition) is 0. The third-order valence-corrected chi connectivity index (χ3v) is 4.82. The molecule has 2 aromatic heterocycles. The van der Waals surface area contributed by atoms with Crippen molar-refractivity contribution in [1.82, 2.24) is 20.0 Å². The molecule has 0 amide bonds. The molecular formula is C12H15BrN4OS. The molecule has 102 valence electrons. The number of likely N-dealkylation sites (N-methyl/N-ethyl adjacent to an activating group) is 1. The average Bonchev–Trinajstić information content (AvgIpc) is 3.01. The molecule has 5 nitrogen and oxygen atoms in total. The molecule has 0 spiro atoms. The highest BCUT2D eigenvalue weighted by Gasteiger charge is 2.17. The Kier molecular flexibility index (Phi) is 3.97. The lowest BCUT2D eigenvalue weighted by Gasteiger charge is -2.31. The minimum absolute atomic E-state index is 0.611. The van der Waals surface area contributed by atoms with E-state index >= 15 is 0 Å². The van der Waals surface area contributed by atoms with Crippen molar-refractivity contribution in [2.24, 2.45) is 0 Å². The van der Waals surface area contributed by atoms with Crippen LogP contribution in [0.5, 0.6) is 0 Å². The lowest BCUT2D eigenvalue weighted by Crippen LogP contribution is -2.43. The van der Waals surface area contributed by atoms with E-state index in [-0.39, 0.29) is 0 Å². The second-order valence-corrected chi connectivity index (χ2v) is 7.15. The van der Waals surface area contributed by atoms with E-state index in [0.717, 1.165) is 41.4 Å². The smallest absolute Gasteiger partial charge is 0.257 e. The van der Waals surface area contributed by atoms with Crippen LogP contribution in [0.2, 0.25) is 0 Å². The number of aromatic nitrogens is 2. The summed E-state index contributed by atoms with van der Waals surface area (Å²) in [4.78, 5) is 5.68. The van der Waals surface area contributed by atoms with Gasteiger partial charge in [-0.2, -0.15) is 0 Å². The Morgan fingerprint density at radius 2 is 2.05 bits per heavy atom. The Bertz CT molecular complexity index is 547. The zero-order chi connectivity index (χ0) is 13.2. The highest BCUT2D eigenvalue weighted by Crippen LogP contribution is 2.30. The standard InChI is InChI=1S/C12H15BrN4OS/c1-16-4-6-17(7-5-16)8-11-14-15-12(18-11)9-2-3-10(13)19-9/h2-3H,4-8H2,1H3. The van der Waals surface area contributed by atoms with Gasteiger partial charge in [-0.05, 0) is 35.1 Å². The first kappa shape index (κ1) is 13.2. The van der Waals surface area contributed by atoms with E-state index in [1.165, 1.54) is 0 Å². The maximum Gasteiger partial charge on any atom is 0.257 e. The molecule has 7 heteroatoms. The summed E-state index contributed by atoms with van der Waals surface area (Å²) in [5.41, 5.74) is 0. The monoisotopic (exact) mass is 342 g/mol. The molecule has 2 aromatic rings. The highest BCUT2D eigenvalue weighted by atomic mass is 79.9. The number of halogens is 1. The van der Waals surface area contributed by atoms with Crippen LogP contribution in [-0.2, 0) is 6.54 Å². The van der Waals surface area contributed by atoms with Gasteiger partial charge in [0.2, 0.25) is 5.89 Å². The van der Waals surface area contributed by atoms with Crippen LogP contribution < -0.4 is 0 Å². The summed E-state index contributed by atoms with van der Waals surface area (Å²) in [5.74, 6) is 1.31. The maximum absolute atomic E-state index is 5.72. The van der Waals surface area contributed by atoms with Crippen molar-refractivity contribution < 1.29 is 4.42 Å². The van der Waals surface area contributed by atoms with E-state index in [9.17, 15) is 0 Å². The van der Waals surface area contributed by atoms with Gasteiger partial charge >= 0.3 is 0 Å². The fraction of sp³-hybridized carbons (Fsp3) is 0.500. The summed E-state index contributed by atoms with van der Waals surface area (Å²) in [7, 11) is 2.15. The summed E-state index contributed by atoms with van der Waals surface area (Å²) < 4.78 is 6.80. The highest BCUT2D eigenvalue weighted by molar-refractivity contribution is 9.11. The second kappa shape index (κ2) is 5.70. The fourth-order valence-corrected chi connectivity index (χ4v) is 3.35. The topological polar surface area (TPSA) is 45.4 Å². The second-order valence-electron chi connectivity index (χ2n) is 4.68.